The molecule has 7 nitrogen and oxygen atoms in total. The smallest absolute Gasteiger partial charge is 0.221 e. The maximum atomic E-state index is 13.5. The average molecular weight is 337 g/mol. The van der Waals surface area contributed by atoms with Gasteiger partial charge in [-0.15, -0.1) is 5.10 Å². The molecule has 0 aliphatic carbocycles. The molecule has 0 aliphatic heterocycles. The van der Waals surface area contributed by atoms with Crippen molar-refractivity contribution >= 4 is 5.84 Å². The highest BCUT2D eigenvalue weighted by Gasteiger charge is 2.12. The quantitative estimate of drug-likeness (QED) is 0.314. The van der Waals surface area contributed by atoms with Gasteiger partial charge in [0.25, 0.3) is 0 Å². The number of rotatable bonds is 6. The maximum absolute atomic E-state index is 13.5. The molecule has 0 atom stereocenters. The van der Waals surface area contributed by atoms with E-state index in [1.807, 2.05) is 0 Å². The molecule has 5 N–H and O–H groups in total. The minimum Gasteiger partial charge on any atom is -0.481 e. The number of hydrogen-bond donors (Lipinski definition) is 3. The molecule has 0 amide bonds. The number of pyridine rings is 1. The average Bonchev–Trinajstić information content (AvgIpc) is 2.57. The van der Waals surface area contributed by atoms with Crippen LogP contribution in [-0.4, -0.2) is 34.8 Å². The number of hydrazine groups is 1. The molecule has 0 bridgehead atoms. The number of aliphatic hydroxyl groups is 1. The van der Waals surface area contributed by atoms with Gasteiger partial charge in [-0.05, 0) is 29.3 Å². The number of ether oxygens (including phenoxy) is 1. The van der Waals surface area contributed by atoms with Gasteiger partial charge in [0.1, 0.15) is 12.4 Å². The first-order chi connectivity index (χ1) is 11.4. The highest BCUT2D eigenvalue weighted by molar-refractivity contribution is 5.80. The van der Waals surface area contributed by atoms with Crippen LogP contribution in [0.5, 0.6) is 5.88 Å². The predicted octanol–water partition coefficient (Wildman–Crippen LogP) is 0.976. The lowest BCUT2D eigenvalue weighted by molar-refractivity contribution is 0.281. The number of nitrogens with two attached hydrogens (primary N) is 2. The van der Waals surface area contributed by atoms with Crippen molar-refractivity contribution in [2.24, 2.45) is 16.7 Å². The van der Waals surface area contributed by atoms with Crippen molar-refractivity contribution in [3.05, 3.63) is 47.7 Å². The molecular weight excluding hydrogens is 320 g/mol. The summed E-state index contributed by atoms with van der Waals surface area (Å²) in [5, 5.41) is 13.6. The molecule has 2 aromatic rings. The first-order valence-corrected chi connectivity index (χ1v) is 6.89. The van der Waals surface area contributed by atoms with E-state index in [9.17, 15) is 8.78 Å². The zero-order chi connectivity index (χ0) is 17.7. The van der Waals surface area contributed by atoms with Crippen molar-refractivity contribution in [3.8, 4) is 17.0 Å². The third-order valence-electron chi connectivity index (χ3n) is 3.10. The molecule has 0 saturated heterocycles. The molecule has 128 valence electrons. The van der Waals surface area contributed by atoms with Crippen LogP contribution in [0.15, 0.2) is 35.6 Å². The largest absolute Gasteiger partial charge is 0.481 e. The van der Waals surface area contributed by atoms with Crippen molar-refractivity contribution in [1.29, 1.82) is 0 Å². The summed E-state index contributed by atoms with van der Waals surface area (Å²) in [6, 6.07) is 5.17. The number of hydrogen-bond acceptors (Lipinski definition) is 6. The van der Waals surface area contributed by atoms with E-state index in [4.69, 9.17) is 21.4 Å². The Bertz CT molecular complexity index is 755. The van der Waals surface area contributed by atoms with Gasteiger partial charge >= 0.3 is 0 Å². The minimum absolute atomic E-state index is 0.0419. The normalized spacial score (nSPS) is 11.5. The van der Waals surface area contributed by atoms with Gasteiger partial charge in [0.15, 0.2) is 11.6 Å². The first-order valence-electron chi connectivity index (χ1n) is 6.89. The molecule has 24 heavy (non-hydrogen) atoms. The van der Waals surface area contributed by atoms with E-state index in [1.54, 1.807) is 6.07 Å². The number of amidine groups is 1. The summed E-state index contributed by atoms with van der Waals surface area (Å²) >= 11 is 0. The van der Waals surface area contributed by atoms with Crippen LogP contribution in [0.25, 0.3) is 11.1 Å². The Morgan fingerprint density at radius 1 is 1.33 bits per heavy atom. The van der Waals surface area contributed by atoms with Crippen LogP contribution in [0.2, 0.25) is 0 Å². The summed E-state index contributed by atoms with van der Waals surface area (Å²) < 4.78 is 31.7. The molecule has 0 saturated carbocycles. The van der Waals surface area contributed by atoms with Gasteiger partial charge in [0, 0.05) is 11.8 Å². The molecule has 0 radical (unpaired) electrons. The number of methoxy groups -OCH3 is 1. The number of hydrazone groups is 1. The van der Waals surface area contributed by atoms with Crippen LogP contribution < -0.4 is 16.3 Å². The maximum Gasteiger partial charge on any atom is 0.221 e. The van der Waals surface area contributed by atoms with Gasteiger partial charge in [-0.1, -0.05) is 6.07 Å². The monoisotopic (exact) mass is 337 g/mol. The lowest BCUT2D eigenvalue weighted by Gasteiger charge is -2.15. The Hall–Kier alpha value is -2.78. The summed E-state index contributed by atoms with van der Waals surface area (Å²) in [5.74, 6) is 3.97. The molecule has 0 spiro atoms. The van der Waals surface area contributed by atoms with Gasteiger partial charge in [-0.25, -0.2) is 24.7 Å². The highest BCUT2D eigenvalue weighted by atomic mass is 19.2. The minimum atomic E-state index is -0.972. The fourth-order valence-electron chi connectivity index (χ4n) is 2.03. The zero-order valence-electron chi connectivity index (χ0n) is 12.9. The van der Waals surface area contributed by atoms with Crippen LogP contribution in [0.3, 0.4) is 0 Å². The Morgan fingerprint density at radius 2 is 2.08 bits per heavy atom. The van der Waals surface area contributed by atoms with Crippen LogP contribution in [0.1, 0.15) is 5.56 Å². The lowest BCUT2D eigenvalue weighted by atomic mass is 10.0. The van der Waals surface area contributed by atoms with Crippen LogP contribution in [0, 0.1) is 11.6 Å². The van der Waals surface area contributed by atoms with Crippen molar-refractivity contribution < 1.29 is 18.6 Å². The summed E-state index contributed by atoms with van der Waals surface area (Å²) in [6.45, 7) is -0.289. The fraction of sp³-hybridized carbons (Fsp3) is 0.200. The summed E-state index contributed by atoms with van der Waals surface area (Å²) in [4.78, 5) is 4.13. The van der Waals surface area contributed by atoms with Crippen LogP contribution >= 0.6 is 0 Å². The van der Waals surface area contributed by atoms with Crippen LogP contribution in [-0.2, 0) is 6.54 Å². The second-order valence-electron chi connectivity index (χ2n) is 4.88. The van der Waals surface area contributed by atoms with Gasteiger partial charge in [-0.2, -0.15) is 0 Å². The number of benzene rings is 1. The third kappa shape index (κ3) is 4.15. The van der Waals surface area contributed by atoms with Gasteiger partial charge < -0.3 is 15.6 Å². The molecule has 0 fully saturated rings. The van der Waals surface area contributed by atoms with Crippen LogP contribution in [0.4, 0.5) is 8.78 Å². The second-order valence-corrected chi connectivity index (χ2v) is 4.88. The summed E-state index contributed by atoms with van der Waals surface area (Å²) in [5.41, 5.74) is 6.90. The van der Waals surface area contributed by atoms with E-state index in [0.717, 1.165) is 17.3 Å². The first kappa shape index (κ1) is 17.6. The molecule has 2 rings (SSSR count). The predicted molar refractivity (Wildman–Crippen MR) is 84.6 cm³/mol. The number of aromatic nitrogens is 1. The topological polar surface area (TPSA) is 110 Å². The van der Waals surface area contributed by atoms with E-state index in [2.05, 4.69) is 10.1 Å². The van der Waals surface area contributed by atoms with Crippen molar-refractivity contribution in [3.63, 3.8) is 0 Å². The Kier molecular flexibility index (Phi) is 5.61. The molecule has 9 heteroatoms. The van der Waals surface area contributed by atoms with Crippen molar-refractivity contribution in [2.45, 2.75) is 6.54 Å². The van der Waals surface area contributed by atoms with E-state index in [1.165, 1.54) is 19.4 Å². The van der Waals surface area contributed by atoms with E-state index in [0.29, 0.717) is 16.7 Å². The molecule has 1 aromatic heterocycles. The SMILES string of the molecule is COc1ncc(CN(N)/N=C(\N)CO)cc1-c1ccc(F)c(F)c1. The second kappa shape index (κ2) is 7.66. The summed E-state index contributed by atoms with van der Waals surface area (Å²) in [7, 11) is 1.42. The number of halogens is 2. The van der Waals surface area contributed by atoms with E-state index in [-0.39, 0.29) is 18.3 Å². The van der Waals surface area contributed by atoms with Crippen molar-refractivity contribution in [2.75, 3.05) is 13.7 Å². The molecule has 0 unspecified atom stereocenters. The molecule has 0 aliphatic rings. The molecule has 1 heterocycles. The van der Waals surface area contributed by atoms with E-state index >= 15 is 0 Å². The van der Waals surface area contributed by atoms with Crippen molar-refractivity contribution in [1.82, 2.24) is 10.1 Å². The fourth-order valence-corrected chi connectivity index (χ4v) is 2.03. The third-order valence-corrected chi connectivity index (χ3v) is 3.10. The van der Waals surface area contributed by atoms with Gasteiger partial charge in [-0.3, -0.25) is 0 Å². The number of nitrogens with zero attached hydrogens (tertiary/aromatic N) is 3. The molecular formula is C15H17F2N5O2. The Balaban J connectivity index is 2.35. The van der Waals surface area contributed by atoms with E-state index < -0.39 is 18.2 Å². The van der Waals surface area contributed by atoms with Gasteiger partial charge in [0.2, 0.25) is 5.88 Å². The Labute approximate surface area is 137 Å². The lowest BCUT2D eigenvalue weighted by Crippen LogP contribution is -2.30. The van der Waals surface area contributed by atoms with Gasteiger partial charge in [0.05, 0.1) is 13.7 Å². The highest BCUT2D eigenvalue weighted by Crippen LogP contribution is 2.30. The summed E-state index contributed by atoms with van der Waals surface area (Å²) in [6.07, 6.45) is 1.51. The Morgan fingerprint density at radius 3 is 2.71 bits per heavy atom. The number of aliphatic hydroxyl groups excluding tert-OH is 1. The standard InChI is InChI=1S/C15H17F2N5O2/c1-24-15-11(10-2-3-12(16)13(17)5-10)4-9(6-20-15)7-22(19)21-14(18)8-23/h2-6,23H,7-8,19H2,1H3,(H2,18,21). The zero-order valence-corrected chi connectivity index (χ0v) is 12.9. The molecule has 1 aromatic carbocycles.